The predicted octanol–water partition coefficient (Wildman–Crippen LogP) is 5.33. The summed E-state index contributed by atoms with van der Waals surface area (Å²) >= 11 is 12.7. The Morgan fingerprint density at radius 1 is 1.24 bits per heavy atom. The van der Waals surface area contributed by atoms with Crippen molar-refractivity contribution >= 4 is 57.9 Å². The Hall–Kier alpha value is -2.69. The van der Waals surface area contributed by atoms with Gasteiger partial charge in [0, 0.05) is 23.1 Å². The van der Waals surface area contributed by atoms with Crippen molar-refractivity contribution in [2.75, 3.05) is 23.8 Å². The van der Waals surface area contributed by atoms with E-state index in [0.717, 1.165) is 5.56 Å². The van der Waals surface area contributed by atoms with Gasteiger partial charge in [-0.15, -0.1) is 0 Å². The molecule has 1 saturated heterocycles. The minimum absolute atomic E-state index is 0.00561. The summed E-state index contributed by atoms with van der Waals surface area (Å²) in [6, 6.07) is 3.07. The van der Waals surface area contributed by atoms with Gasteiger partial charge in [-0.2, -0.15) is 4.98 Å². The molecule has 4 N–H and O–H groups in total. The van der Waals surface area contributed by atoms with E-state index >= 15 is 0 Å². The second kappa shape index (κ2) is 10.2. The number of amides is 1. The number of fused-ring (bicyclic) bond motifs is 1. The third-order valence-electron chi connectivity index (χ3n) is 7.54. The standard InChI is InChI=1S/C25H30Cl2FN7O2/c1-13-9-14(26)10-16(27)20(13)33-24-32-19-11-30-23(31-18-5-8-37-12-17(18)28)34-21(19)35(24)15-3-6-25(2,7-4-15)22(29)36/h9-11,15,17-18H,3-8,12H2,1-2H3,(H2,29,36)(H,32,33)(H,30,31,34)/t15-,17-,18-,25+/m1/s1. The van der Waals surface area contributed by atoms with Crippen LogP contribution in [0.3, 0.4) is 0 Å². The van der Waals surface area contributed by atoms with Gasteiger partial charge in [-0.05, 0) is 56.7 Å². The highest BCUT2D eigenvalue weighted by atomic mass is 35.5. The van der Waals surface area contributed by atoms with E-state index in [1.807, 2.05) is 24.5 Å². The molecule has 0 bridgehead atoms. The first kappa shape index (κ1) is 25.9. The Morgan fingerprint density at radius 2 is 2.00 bits per heavy atom. The first-order valence-electron chi connectivity index (χ1n) is 12.4. The van der Waals surface area contributed by atoms with Crippen molar-refractivity contribution < 1.29 is 13.9 Å². The van der Waals surface area contributed by atoms with Crippen LogP contribution < -0.4 is 16.4 Å². The molecular weight excluding hydrogens is 520 g/mol. The van der Waals surface area contributed by atoms with Gasteiger partial charge in [0.05, 0.1) is 29.6 Å². The van der Waals surface area contributed by atoms with Crippen molar-refractivity contribution in [3.05, 3.63) is 33.9 Å². The molecule has 1 aliphatic heterocycles. The van der Waals surface area contributed by atoms with Crippen LogP contribution in [0.4, 0.5) is 22.0 Å². The molecule has 0 unspecified atom stereocenters. The molecule has 12 heteroatoms. The van der Waals surface area contributed by atoms with Gasteiger partial charge in [0.1, 0.15) is 11.7 Å². The maximum absolute atomic E-state index is 14.4. The van der Waals surface area contributed by atoms with Crippen molar-refractivity contribution in [2.24, 2.45) is 11.1 Å². The highest BCUT2D eigenvalue weighted by molar-refractivity contribution is 6.36. The third-order valence-corrected chi connectivity index (χ3v) is 8.06. The summed E-state index contributed by atoms with van der Waals surface area (Å²) in [6.45, 7) is 4.36. The van der Waals surface area contributed by atoms with Crippen LogP contribution in [-0.4, -0.2) is 50.9 Å². The first-order chi connectivity index (χ1) is 17.6. The number of nitrogens with two attached hydrogens (primary N) is 1. The fourth-order valence-electron chi connectivity index (χ4n) is 5.14. The van der Waals surface area contributed by atoms with Crippen molar-refractivity contribution in [1.82, 2.24) is 19.5 Å². The van der Waals surface area contributed by atoms with Crippen LogP contribution in [0.15, 0.2) is 18.3 Å². The molecule has 1 saturated carbocycles. The van der Waals surface area contributed by atoms with Gasteiger partial charge in [0.2, 0.25) is 17.8 Å². The molecule has 3 aromatic rings. The maximum Gasteiger partial charge on any atom is 0.225 e. The summed E-state index contributed by atoms with van der Waals surface area (Å²) in [4.78, 5) is 26.0. The minimum atomic E-state index is -1.14. The number of aryl methyl sites for hydroxylation is 1. The van der Waals surface area contributed by atoms with Crippen LogP contribution in [0.25, 0.3) is 11.2 Å². The zero-order chi connectivity index (χ0) is 26.3. The number of rotatable bonds is 6. The number of carbonyl (C=O) groups is 1. The summed E-state index contributed by atoms with van der Waals surface area (Å²) in [5.41, 5.74) is 7.89. The lowest BCUT2D eigenvalue weighted by Gasteiger charge is -2.35. The lowest BCUT2D eigenvalue weighted by molar-refractivity contribution is -0.128. The van der Waals surface area contributed by atoms with E-state index in [1.54, 1.807) is 12.3 Å². The average molecular weight is 550 g/mol. The van der Waals surface area contributed by atoms with E-state index in [1.165, 1.54) is 0 Å². The maximum atomic E-state index is 14.4. The molecule has 37 heavy (non-hydrogen) atoms. The molecule has 2 fully saturated rings. The molecule has 1 aliphatic carbocycles. The van der Waals surface area contributed by atoms with Gasteiger partial charge in [0.25, 0.3) is 0 Å². The van der Waals surface area contributed by atoms with Crippen LogP contribution in [0.1, 0.15) is 50.6 Å². The second-order valence-electron chi connectivity index (χ2n) is 10.2. The number of anilines is 3. The molecule has 0 spiro atoms. The Kier molecular flexibility index (Phi) is 7.17. The lowest BCUT2D eigenvalue weighted by Crippen LogP contribution is -2.39. The molecule has 3 heterocycles. The number of aromatic nitrogens is 4. The molecule has 2 aliphatic rings. The Bertz CT molecular complexity index is 1300. The number of primary amides is 1. The van der Waals surface area contributed by atoms with Gasteiger partial charge >= 0.3 is 0 Å². The number of hydrogen-bond acceptors (Lipinski definition) is 7. The van der Waals surface area contributed by atoms with Crippen LogP contribution >= 0.6 is 23.2 Å². The van der Waals surface area contributed by atoms with Crippen molar-refractivity contribution in [2.45, 2.75) is 64.2 Å². The van der Waals surface area contributed by atoms with Crippen LogP contribution in [-0.2, 0) is 9.53 Å². The van der Waals surface area contributed by atoms with Crippen molar-refractivity contribution in [3.8, 4) is 0 Å². The summed E-state index contributed by atoms with van der Waals surface area (Å²) in [7, 11) is 0. The molecule has 2 aromatic heterocycles. The van der Waals surface area contributed by atoms with Crippen LogP contribution in [0, 0.1) is 12.3 Å². The fourth-order valence-corrected chi connectivity index (χ4v) is 5.79. The number of carbonyl (C=O) groups excluding carboxylic acids is 1. The van der Waals surface area contributed by atoms with Gasteiger partial charge in [-0.3, -0.25) is 9.36 Å². The molecule has 9 nitrogen and oxygen atoms in total. The Balaban J connectivity index is 1.54. The number of benzene rings is 1. The molecule has 5 rings (SSSR count). The molecule has 2 atom stereocenters. The lowest BCUT2D eigenvalue weighted by atomic mass is 9.73. The number of halogens is 3. The van der Waals surface area contributed by atoms with Gasteiger partial charge in [-0.1, -0.05) is 30.1 Å². The summed E-state index contributed by atoms with van der Waals surface area (Å²) in [5.74, 6) is 0.596. The number of ether oxygens (including phenoxy) is 1. The molecule has 1 amide bonds. The average Bonchev–Trinajstić information content (AvgIpc) is 3.20. The van der Waals surface area contributed by atoms with Crippen molar-refractivity contribution in [3.63, 3.8) is 0 Å². The molecule has 0 radical (unpaired) electrons. The Labute approximate surface area is 224 Å². The van der Waals surface area contributed by atoms with E-state index in [0.29, 0.717) is 77.5 Å². The van der Waals surface area contributed by atoms with Gasteiger partial charge < -0.3 is 21.1 Å². The monoisotopic (exact) mass is 549 g/mol. The molecular formula is C25H30Cl2FN7O2. The first-order valence-corrected chi connectivity index (χ1v) is 13.2. The van der Waals surface area contributed by atoms with E-state index in [4.69, 9.17) is 43.6 Å². The highest BCUT2D eigenvalue weighted by Crippen LogP contribution is 2.43. The Morgan fingerprint density at radius 3 is 2.68 bits per heavy atom. The zero-order valence-electron chi connectivity index (χ0n) is 20.7. The van der Waals surface area contributed by atoms with E-state index in [9.17, 15) is 9.18 Å². The summed E-state index contributed by atoms with van der Waals surface area (Å²) in [6.07, 6.45) is 3.74. The van der Waals surface area contributed by atoms with Gasteiger partial charge in [0.15, 0.2) is 5.65 Å². The number of hydrogen-bond donors (Lipinski definition) is 3. The number of imidazole rings is 1. The normalized spacial score (nSPS) is 26.2. The van der Waals surface area contributed by atoms with E-state index in [-0.39, 0.29) is 18.6 Å². The number of alkyl halides is 1. The summed E-state index contributed by atoms with van der Waals surface area (Å²) < 4.78 is 21.6. The van der Waals surface area contributed by atoms with E-state index in [2.05, 4.69) is 15.6 Å². The minimum Gasteiger partial charge on any atom is -0.378 e. The molecule has 198 valence electrons. The SMILES string of the molecule is Cc1cc(Cl)cc(Cl)c1Nc1nc2cnc(N[C@@H]3CCOC[C@H]3F)nc2n1[C@H]1CC[C@@](C)(C(N)=O)CC1. The summed E-state index contributed by atoms with van der Waals surface area (Å²) in [5, 5.41) is 7.52. The second-order valence-corrected chi connectivity index (χ2v) is 11.0. The van der Waals surface area contributed by atoms with Crippen LogP contribution in [0.2, 0.25) is 10.0 Å². The van der Waals surface area contributed by atoms with Crippen LogP contribution in [0.5, 0.6) is 0 Å². The van der Waals surface area contributed by atoms with Crippen molar-refractivity contribution in [1.29, 1.82) is 0 Å². The quantitative estimate of drug-likeness (QED) is 0.380. The predicted molar refractivity (Wildman–Crippen MR) is 142 cm³/mol. The van der Waals surface area contributed by atoms with E-state index < -0.39 is 17.6 Å². The largest absolute Gasteiger partial charge is 0.378 e. The van der Waals surface area contributed by atoms with Gasteiger partial charge in [-0.25, -0.2) is 14.4 Å². The topological polar surface area (TPSA) is 120 Å². The number of nitrogens with one attached hydrogen (secondary N) is 2. The fraction of sp³-hybridized carbons (Fsp3) is 0.520. The smallest absolute Gasteiger partial charge is 0.225 e. The number of nitrogens with zero attached hydrogens (tertiary/aromatic N) is 4. The molecule has 1 aromatic carbocycles. The zero-order valence-corrected chi connectivity index (χ0v) is 22.2. The highest BCUT2D eigenvalue weighted by Gasteiger charge is 2.38. The third kappa shape index (κ3) is 5.19.